The number of benzene rings is 1. The second-order valence-electron chi connectivity index (χ2n) is 6.33. The van der Waals surface area contributed by atoms with Gasteiger partial charge in [-0.1, -0.05) is 26.0 Å². The molecule has 1 aliphatic rings. The van der Waals surface area contributed by atoms with Crippen molar-refractivity contribution in [3.8, 4) is 5.75 Å². The Morgan fingerprint density at radius 1 is 1.27 bits per heavy atom. The lowest BCUT2D eigenvalue weighted by Gasteiger charge is -2.21. The lowest BCUT2D eigenvalue weighted by Crippen LogP contribution is -2.48. The van der Waals surface area contributed by atoms with E-state index in [2.05, 4.69) is 19.2 Å². The van der Waals surface area contributed by atoms with Crippen LogP contribution in [0.3, 0.4) is 0 Å². The quantitative estimate of drug-likeness (QED) is 0.847. The van der Waals surface area contributed by atoms with Crippen LogP contribution < -0.4 is 10.1 Å². The molecule has 1 unspecified atom stereocenters. The average molecular weight is 305 g/mol. The molecule has 1 aromatic carbocycles. The number of aryl methyl sites for hydroxylation is 1. The zero-order chi connectivity index (χ0) is 16.5. The first-order valence-electron chi connectivity index (χ1n) is 7.58. The van der Waals surface area contributed by atoms with Crippen molar-refractivity contribution < 1.29 is 19.4 Å². The lowest BCUT2D eigenvalue weighted by atomic mass is 10.0. The zero-order valence-electron chi connectivity index (χ0n) is 13.5. The van der Waals surface area contributed by atoms with Gasteiger partial charge in [0.25, 0.3) is 5.91 Å². The van der Waals surface area contributed by atoms with Gasteiger partial charge in [0.2, 0.25) is 0 Å². The van der Waals surface area contributed by atoms with Gasteiger partial charge in [-0.25, -0.2) is 4.79 Å². The molecular formula is C17H23NO4. The highest BCUT2D eigenvalue weighted by Gasteiger charge is 2.52. The second-order valence-corrected chi connectivity index (χ2v) is 6.33. The number of carboxylic acids is 1. The van der Waals surface area contributed by atoms with Crippen molar-refractivity contribution in [2.24, 2.45) is 0 Å². The number of hydrogen-bond acceptors (Lipinski definition) is 3. The molecule has 0 bridgehead atoms. The van der Waals surface area contributed by atoms with Crippen molar-refractivity contribution in [3.05, 3.63) is 29.3 Å². The van der Waals surface area contributed by atoms with Gasteiger partial charge in [-0.05, 0) is 49.8 Å². The summed E-state index contributed by atoms with van der Waals surface area (Å²) < 4.78 is 5.80. The van der Waals surface area contributed by atoms with Crippen molar-refractivity contribution in [2.45, 2.75) is 58.1 Å². The molecule has 0 radical (unpaired) electrons. The minimum Gasteiger partial charge on any atom is -0.481 e. The first-order chi connectivity index (χ1) is 10.2. The summed E-state index contributed by atoms with van der Waals surface area (Å²) in [5.41, 5.74) is 1.00. The predicted octanol–water partition coefficient (Wildman–Crippen LogP) is 2.62. The Kier molecular flexibility index (Phi) is 4.44. The van der Waals surface area contributed by atoms with Crippen LogP contribution in [0.15, 0.2) is 18.2 Å². The van der Waals surface area contributed by atoms with Gasteiger partial charge in [0.1, 0.15) is 11.3 Å². The van der Waals surface area contributed by atoms with Crippen LogP contribution in [-0.2, 0) is 9.59 Å². The third-order valence-electron chi connectivity index (χ3n) is 3.99. The van der Waals surface area contributed by atoms with Gasteiger partial charge in [0.05, 0.1) is 0 Å². The van der Waals surface area contributed by atoms with Crippen LogP contribution in [0.2, 0.25) is 0 Å². The molecule has 0 spiro atoms. The number of carbonyl (C=O) groups excluding carboxylic acids is 1. The maximum Gasteiger partial charge on any atom is 0.329 e. The third kappa shape index (κ3) is 3.40. The van der Waals surface area contributed by atoms with E-state index in [1.54, 1.807) is 6.92 Å². The number of aliphatic carboxylic acids is 1. The Hall–Kier alpha value is -2.04. The van der Waals surface area contributed by atoms with E-state index in [1.165, 1.54) is 0 Å². The van der Waals surface area contributed by atoms with Crippen molar-refractivity contribution in [2.75, 3.05) is 0 Å². The molecule has 120 valence electrons. The van der Waals surface area contributed by atoms with Crippen molar-refractivity contribution in [1.82, 2.24) is 5.32 Å². The number of carboxylic acid groups (broad SMARTS) is 1. The van der Waals surface area contributed by atoms with Gasteiger partial charge in [0.15, 0.2) is 6.10 Å². The molecule has 1 amide bonds. The van der Waals surface area contributed by atoms with E-state index in [0.717, 1.165) is 11.1 Å². The molecule has 5 heteroatoms. The van der Waals surface area contributed by atoms with Crippen LogP contribution in [0, 0.1) is 6.92 Å². The Bertz CT molecular complexity index is 590. The minimum atomic E-state index is -1.08. The Labute approximate surface area is 130 Å². The van der Waals surface area contributed by atoms with E-state index < -0.39 is 23.5 Å². The number of amides is 1. The fourth-order valence-corrected chi connectivity index (χ4v) is 2.32. The molecule has 1 aromatic rings. The molecule has 0 aromatic heterocycles. The zero-order valence-corrected chi connectivity index (χ0v) is 13.5. The second kappa shape index (κ2) is 5.99. The van der Waals surface area contributed by atoms with Gasteiger partial charge < -0.3 is 15.2 Å². The van der Waals surface area contributed by atoms with Crippen molar-refractivity contribution in [1.29, 1.82) is 0 Å². The molecular weight excluding hydrogens is 282 g/mol. The average Bonchev–Trinajstić information content (AvgIpc) is 3.19. The first kappa shape index (κ1) is 16.3. The predicted molar refractivity (Wildman–Crippen MR) is 83.1 cm³/mol. The van der Waals surface area contributed by atoms with Crippen molar-refractivity contribution >= 4 is 11.9 Å². The van der Waals surface area contributed by atoms with Crippen LogP contribution in [-0.4, -0.2) is 28.6 Å². The maximum absolute atomic E-state index is 12.2. The van der Waals surface area contributed by atoms with Crippen LogP contribution in [0.1, 0.15) is 50.7 Å². The minimum absolute atomic E-state index is 0.277. The summed E-state index contributed by atoms with van der Waals surface area (Å²) in [7, 11) is 0. The third-order valence-corrected chi connectivity index (χ3v) is 3.99. The summed E-state index contributed by atoms with van der Waals surface area (Å²) in [6, 6.07) is 5.92. The van der Waals surface area contributed by atoms with E-state index in [9.17, 15) is 9.59 Å². The largest absolute Gasteiger partial charge is 0.481 e. The standard InChI is InChI=1S/C17H23NO4/c1-10(2)13-6-5-11(3)9-14(13)22-12(4)15(19)18-17(7-8-17)16(20)21/h5-6,9-10,12H,7-8H2,1-4H3,(H,18,19)(H,20,21). The number of ether oxygens (including phenoxy) is 1. The highest BCUT2D eigenvalue weighted by atomic mass is 16.5. The van der Waals surface area contributed by atoms with E-state index in [1.807, 2.05) is 25.1 Å². The summed E-state index contributed by atoms with van der Waals surface area (Å²) >= 11 is 0. The Balaban J connectivity index is 2.08. The molecule has 22 heavy (non-hydrogen) atoms. The molecule has 2 rings (SSSR count). The molecule has 0 aliphatic heterocycles. The van der Waals surface area contributed by atoms with Gasteiger partial charge in [0, 0.05) is 0 Å². The maximum atomic E-state index is 12.2. The summed E-state index contributed by atoms with van der Waals surface area (Å²) in [5, 5.41) is 11.7. The van der Waals surface area contributed by atoms with Crippen LogP contribution in [0.5, 0.6) is 5.75 Å². The van der Waals surface area contributed by atoms with Gasteiger partial charge in [-0.15, -0.1) is 0 Å². The van der Waals surface area contributed by atoms with E-state index >= 15 is 0 Å². The SMILES string of the molecule is Cc1ccc(C(C)C)c(OC(C)C(=O)NC2(C(=O)O)CC2)c1. The topological polar surface area (TPSA) is 75.6 Å². The monoisotopic (exact) mass is 305 g/mol. The lowest BCUT2D eigenvalue weighted by molar-refractivity contribution is -0.144. The molecule has 1 fully saturated rings. The molecule has 2 N–H and O–H groups in total. The van der Waals surface area contributed by atoms with Crippen LogP contribution >= 0.6 is 0 Å². The molecule has 5 nitrogen and oxygen atoms in total. The Morgan fingerprint density at radius 3 is 2.41 bits per heavy atom. The van der Waals surface area contributed by atoms with Gasteiger partial charge in [-0.3, -0.25) is 4.79 Å². The van der Waals surface area contributed by atoms with E-state index in [4.69, 9.17) is 9.84 Å². The summed E-state index contributed by atoms with van der Waals surface area (Å²) in [4.78, 5) is 23.3. The summed E-state index contributed by atoms with van der Waals surface area (Å²) in [6.45, 7) is 7.72. The van der Waals surface area contributed by atoms with Crippen LogP contribution in [0.25, 0.3) is 0 Å². The fraction of sp³-hybridized carbons (Fsp3) is 0.529. The normalized spacial score (nSPS) is 17.0. The Morgan fingerprint density at radius 2 is 1.91 bits per heavy atom. The number of rotatable bonds is 6. The van der Waals surface area contributed by atoms with E-state index in [-0.39, 0.29) is 5.92 Å². The highest BCUT2D eigenvalue weighted by molar-refractivity contribution is 5.91. The van der Waals surface area contributed by atoms with Crippen LogP contribution in [0.4, 0.5) is 0 Å². The number of carbonyl (C=O) groups is 2. The fourth-order valence-electron chi connectivity index (χ4n) is 2.32. The smallest absolute Gasteiger partial charge is 0.329 e. The molecule has 1 aliphatic carbocycles. The highest BCUT2D eigenvalue weighted by Crippen LogP contribution is 2.35. The van der Waals surface area contributed by atoms with E-state index in [0.29, 0.717) is 18.6 Å². The number of hydrogen-bond donors (Lipinski definition) is 2. The molecule has 1 saturated carbocycles. The van der Waals surface area contributed by atoms with Gasteiger partial charge in [-0.2, -0.15) is 0 Å². The molecule has 0 saturated heterocycles. The first-order valence-corrected chi connectivity index (χ1v) is 7.58. The summed E-state index contributed by atoms with van der Waals surface area (Å²) in [5.74, 6) is -0.417. The van der Waals surface area contributed by atoms with Gasteiger partial charge >= 0.3 is 5.97 Å². The number of nitrogens with one attached hydrogen (secondary N) is 1. The molecule has 1 atom stereocenters. The van der Waals surface area contributed by atoms with Crippen molar-refractivity contribution in [3.63, 3.8) is 0 Å². The summed E-state index contributed by atoms with van der Waals surface area (Å²) in [6.07, 6.45) is 0.210. The molecule has 0 heterocycles.